The smallest absolute Gasteiger partial charge is 0.246 e. The van der Waals surface area contributed by atoms with Crippen molar-refractivity contribution in [1.29, 1.82) is 0 Å². The molecule has 182 valence electrons. The number of amides is 1. The van der Waals surface area contributed by atoms with E-state index in [9.17, 15) is 15.0 Å². The zero-order valence-corrected chi connectivity index (χ0v) is 20.7. The molecule has 8 heteroatoms. The number of rotatable bonds is 6. The van der Waals surface area contributed by atoms with Crippen LogP contribution in [0.25, 0.3) is 6.08 Å². The number of benzene rings is 2. The van der Waals surface area contributed by atoms with Crippen LogP contribution in [0.3, 0.4) is 0 Å². The number of anilines is 1. The van der Waals surface area contributed by atoms with Gasteiger partial charge in [-0.2, -0.15) is 0 Å². The molecular weight excluding hydrogens is 473 g/mol. The molecule has 2 aliphatic rings. The van der Waals surface area contributed by atoms with Gasteiger partial charge in [-0.15, -0.1) is 0 Å². The number of likely N-dealkylation sites (tertiary alicyclic amines) is 1. The predicted molar refractivity (Wildman–Crippen MR) is 138 cm³/mol. The molecule has 0 bridgehead atoms. The number of carbonyl (C=O) groups is 1. The number of phenols is 2. The minimum absolute atomic E-state index is 0.00215. The van der Waals surface area contributed by atoms with Crippen LogP contribution in [-0.4, -0.2) is 71.2 Å². The summed E-state index contributed by atoms with van der Waals surface area (Å²) in [6.07, 6.45) is 7.40. The van der Waals surface area contributed by atoms with Crippen molar-refractivity contribution in [2.75, 3.05) is 44.2 Å². The summed E-state index contributed by atoms with van der Waals surface area (Å²) >= 11 is 12.6. The second-order valence-electron chi connectivity index (χ2n) is 8.95. The van der Waals surface area contributed by atoms with Gasteiger partial charge in [-0.25, -0.2) is 0 Å². The van der Waals surface area contributed by atoms with Gasteiger partial charge in [-0.05, 0) is 61.6 Å². The largest absolute Gasteiger partial charge is 0.504 e. The fourth-order valence-corrected chi connectivity index (χ4v) is 5.19. The van der Waals surface area contributed by atoms with Gasteiger partial charge >= 0.3 is 0 Å². The summed E-state index contributed by atoms with van der Waals surface area (Å²) in [6, 6.07) is 10.5. The molecule has 0 unspecified atom stereocenters. The third kappa shape index (κ3) is 5.98. The molecule has 4 rings (SSSR count). The predicted octanol–water partition coefficient (Wildman–Crippen LogP) is 5.01. The normalized spacial score (nSPS) is 19.6. The number of piperidine rings is 1. The maximum Gasteiger partial charge on any atom is 0.246 e. The van der Waals surface area contributed by atoms with Crippen LogP contribution < -0.4 is 4.90 Å². The highest BCUT2D eigenvalue weighted by Gasteiger charge is 2.27. The number of phenolic OH excluding ortho intramolecular Hbond substituents is 2. The molecule has 2 aromatic carbocycles. The van der Waals surface area contributed by atoms with E-state index >= 15 is 0 Å². The number of nitrogens with zero attached hydrogens (tertiary/aromatic N) is 3. The lowest BCUT2D eigenvalue weighted by Crippen LogP contribution is -2.49. The highest BCUT2D eigenvalue weighted by atomic mass is 35.5. The summed E-state index contributed by atoms with van der Waals surface area (Å²) in [4.78, 5) is 19.7. The molecule has 6 nitrogen and oxygen atoms in total. The van der Waals surface area contributed by atoms with E-state index in [-0.39, 0.29) is 23.4 Å². The molecule has 0 aliphatic carbocycles. The standard InChI is InChI=1S/C26H31Cl2N3O3/c27-21-5-3-6-22(26(21)28)30-16-14-29(15-17-30)13-11-20-4-1-2-12-31(20)25(34)10-8-19-7-9-23(32)24(33)18-19/h3,5-10,18,20,32-33H,1-2,4,11-17H2/b10-8+/t20-/m0/s1. The molecule has 2 heterocycles. The van der Waals surface area contributed by atoms with Gasteiger partial charge in [-0.1, -0.05) is 35.3 Å². The molecule has 0 spiro atoms. The Morgan fingerprint density at radius 2 is 1.79 bits per heavy atom. The van der Waals surface area contributed by atoms with E-state index < -0.39 is 0 Å². The summed E-state index contributed by atoms with van der Waals surface area (Å²) < 4.78 is 0. The van der Waals surface area contributed by atoms with E-state index in [2.05, 4.69) is 9.80 Å². The zero-order valence-electron chi connectivity index (χ0n) is 19.2. The first kappa shape index (κ1) is 24.7. The molecule has 2 aliphatic heterocycles. The van der Waals surface area contributed by atoms with E-state index in [1.54, 1.807) is 18.2 Å². The van der Waals surface area contributed by atoms with E-state index in [0.29, 0.717) is 15.6 Å². The quantitative estimate of drug-likeness (QED) is 0.428. The first-order valence-corrected chi connectivity index (χ1v) is 12.6. The van der Waals surface area contributed by atoms with Crippen LogP contribution in [0.5, 0.6) is 11.5 Å². The number of halogens is 2. The fourth-order valence-electron chi connectivity index (χ4n) is 4.78. The average Bonchev–Trinajstić information content (AvgIpc) is 2.85. The Morgan fingerprint density at radius 1 is 1.00 bits per heavy atom. The zero-order chi connectivity index (χ0) is 24.1. The maximum absolute atomic E-state index is 12.9. The molecule has 34 heavy (non-hydrogen) atoms. The van der Waals surface area contributed by atoms with Crippen molar-refractivity contribution in [3.05, 3.63) is 58.1 Å². The lowest BCUT2D eigenvalue weighted by molar-refractivity contribution is -0.129. The van der Waals surface area contributed by atoms with Crippen molar-refractivity contribution < 1.29 is 15.0 Å². The number of carbonyl (C=O) groups excluding carboxylic acids is 1. The lowest BCUT2D eigenvalue weighted by Gasteiger charge is -2.39. The highest BCUT2D eigenvalue weighted by molar-refractivity contribution is 6.43. The number of piperazine rings is 1. The molecule has 2 fully saturated rings. The van der Waals surface area contributed by atoms with Gasteiger partial charge in [0.1, 0.15) is 0 Å². The van der Waals surface area contributed by atoms with Crippen molar-refractivity contribution in [1.82, 2.24) is 9.80 Å². The van der Waals surface area contributed by atoms with Crippen LogP contribution in [0, 0.1) is 0 Å². The van der Waals surface area contributed by atoms with E-state index in [1.807, 2.05) is 23.1 Å². The van der Waals surface area contributed by atoms with Gasteiger partial charge in [0.15, 0.2) is 11.5 Å². The number of hydrogen-bond donors (Lipinski definition) is 2. The second kappa shape index (κ2) is 11.3. The lowest BCUT2D eigenvalue weighted by atomic mass is 9.98. The summed E-state index contributed by atoms with van der Waals surface area (Å²) in [6.45, 7) is 5.43. The van der Waals surface area contributed by atoms with Crippen LogP contribution in [0.2, 0.25) is 10.0 Å². The van der Waals surface area contributed by atoms with Crippen LogP contribution >= 0.6 is 23.2 Å². The molecule has 1 atom stereocenters. The van der Waals surface area contributed by atoms with Gasteiger partial charge in [-0.3, -0.25) is 9.69 Å². The Morgan fingerprint density at radius 3 is 2.56 bits per heavy atom. The molecule has 2 saturated heterocycles. The molecule has 0 radical (unpaired) electrons. The monoisotopic (exact) mass is 503 g/mol. The molecule has 0 aromatic heterocycles. The molecule has 0 saturated carbocycles. The number of hydrogen-bond acceptors (Lipinski definition) is 5. The fraction of sp³-hybridized carbons (Fsp3) is 0.423. The van der Waals surface area contributed by atoms with Gasteiger partial charge in [0, 0.05) is 51.4 Å². The second-order valence-corrected chi connectivity index (χ2v) is 9.74. The minimum atomic E-state index is -0.192. The summed E-state index contributed by atoms with van der Waals surface area (Å²) in [5, 5.41) is 20.3. The average molecular weight is 504 g/mol. The van der Waals surface area contributed by atoms with Crippen LogP contribution in [0.4, 0.5) is 5.69 Å². The van der Waals surface area contributed by atoms with E-state index in [0.717, 1.165) is 70.6 Å². The minimum Gasteiger partial charge on any atom is -0.504 e. The van der Waals surface area contributed by atoms with Crippen molar-refractivity contribution in [3.63, 3.8) is 0 Å². The van der Waals surface area contributed by atoms with Gasteiger partial charge in [0.05, 0.1) is 15.7 Å². The topological polar surface area (TPSA) is 67.2 Å². The Labute approximate surface area is 211 Å². The summed E-state index contributed by atoms with van der Waals surface area (Å²) in [7, 11) is 0. The maximum atomic E-state index is 12.9. The Hall–Kier alpha value is -2.41. The van der Waals surface area contributed by atoms with Gasteiger partial charge in [0.2, 0.25) is 5.91 Å². The van der Waals surface area contributed by atoms with Crippen LogP contribution in [0.1, 0.15) is 31.2 Å². The molecule has 2 aromatic rings. The first-order chi connectivity index (χ1) is 16.4. The Balaban J connectivity index is 1.29. The first-order valence-electron chi connectivity index (χ1n) is 11.8. The third-order valence-corrected chi connectivity index (χ3v) is 7.56. The molecular formula is C26H31Cl2N3O3. The van der Waals surface area contributed by atoms with E-state index in [4.69, 9.17) is 23.2 Å². The van der Waals surface area contributed by atoms with E-state index in [1.165, 1.54) is 12.1 Å². The third-order valence-electron chi connectivity index (χ3n) is 6.75. The van der Waals surface area contributed by atoms with Crippen molar-refractivity contribution in [2.24, 2.45) is 0 Å². The SMILES string of the molecule is O=C(/C=C/c1ccc(O)c(O)c1)N1CCCC[C@H]1CCN1CCN(c2cccc(Cl)c2Cl)CC1. The Kier molecular flexibility index (Phi) is 8.24. The highest BCUT2D eigenvalue weighted by Crippen LogP contribution is 2.33. The van der Waals surface area contributed by atoms with Crippen molar-refractivity contribution in [2.45, 2.75) is 31.7 Å². The van der Waals surface area contributed by atoms with Gasteiger partial charge < -0.3 is 20.0 Å². The summed E-state index contributed by atoms with van der Waals surface area (Å²) in [5.74, 6) is -0.364. The van der Waals surface area contributed by atoms with Crippen molar-refractivity contribution >= 4 is 40.9 Å². The van der Waals surface area contributed by atoms with Crippen molar-refractivity contribution in [3.8, 4) is 11.5 Å². The van der Waals surface area contributed by atoms with Gasteiger partial charge in [0.25, 0.3) is 0 Å². The van der Waals surface area contributed by atoms with Crippen LogP contribution in [-0.2, 0) is 4.79 Å². The van der Waals surface area contributed by atoms with Crippen LogP contribution in [0.15, 0.2) is 42.5 Å². The molecule has 1 amide bonds. The number of aromatic hydroxyl groups is 2. The summed E-state index contributed by atoms with van der Waals surface area (Å²) in [5.41, 5.74) is 1.67. The molecule has 2 N–H and O–H groups in total. The Bertz CT molecular complexity index is 1040.